The Balaban J connectivity index is 1.49. The van der Waals surface area contributed by atoms with Crippen molar-refractivity contribution >= 4 is 29.2 Å². The summed E-state index contributed by atoms with van der Waals surface area (Å²) in [4.78, 5) is 59.5. The first-order valence-corrected chi connectivity index (χ1v) is 10.5. The number of carbonyl (C=O) groups excluding carboxylic acids is 5. The minimum absolute atomic E-state index is 0.000277. The van der Waals surface area contributed by atoms with Crippen molar-refractivity contribution in [3.05, 3.63) is 66.6 Å². The number of rotatable bonds is 11. The number of carbonyl (C=O) groups is 5. The van der Waals surface area contributed by atoms with E-state index in [4.69, 9.17) is 0 Å². The molecule has 32 heavy (non-hydrogen) atoms. The maximum absolute atomic E-state index is 12.5. The van der Waals surface area contributed by atoms with Crippen LogP contribution in [0, 0.1) is 6.92 Å². The molecule has 3 rings (SSSR count). The van der Waals surface area contributed by atoms with Crippen molar-refractivity contribution < 1.29 is 24.0 Å². The summed E-state index contributed by atoms with van der Waals surface area (Å²) in [6.45, 7) is 2.81. The summed E-state index contributed by atoms with van der Waals surface area (Å²) in [5.41, 5.74) is 4.12. The van der Waals surface area contributed by atoms with E-state index in [9.17, 15) is 24.0 Å². The lowest BCUT2D eigenvalue weighted by Crippen LogP contribution is -2.41. The fourth-order valence-electron chi connectivity index (χ4n) is 3.77. The number of nitrogens with one attached hydrogen (secondary N) is 2. The van der Waals surface area contributed by atoms with E-state index in [-0.39, 0.29) is 49.7 Å². The normalized spacial score (nSPS) is 11.9. The molecule has 0 aromatic heterocycles. The Morgan fingerprint density at radius 3 is 1.91 bits per heavy atom. The van der Waals surface area contributed by atoms with Crippen LogP contribution in [0.5, 0.6) is 0 Å². The zero-order chi connectivity index (χ0) is 23.1. The molecule has 0 spiro atoms. The van der Waals surface area contributed by atoms with Crippen molar-refractivity contribution in [1.82, 2.24) is 10.6 Å². The van der Waals surface area contributed by atoms with Crippen LogP contribution in [-0.2, 0) is 24.0 Å². The molecular formula is C25H25N2O5. The molecule has 0 aliphatic heterocycles. The Morgan fingerprint density at radius 2 is 1.31 bits per heavy atom. The average molecular weight is 433 g/mol. The second kappa shape index (κ2) is 10.6. The van der Waals surface area contributed by atoms with Gasteiger partial charge in [-0.05, 0) is 29.2 Å². The van der Waals surface area contributed by atoms with Gasteiger partial charge in [0.2, 0.25) is 11.7 Å². The van der Waals surface area contributed by atoms with Crippen LogP contribution in [0.15, 0.2) is 48.5 Å². The zero-order valence-corrected chi connectivity index (χ0v) is 17.7. The van der Waals surface area contributed by atoms with Crippen LogP contribution in [0.2, 0.25) is 0 Å². The second-order valence-corrected chi connectivity index (χ2v) is 7.64. The van der Waals surface area contributed by atoms with E-state index in [1.54, 1.807) is 0 Å². The van der Waals surface area contributed by atoms with Gasteiger partial charge < -0.3 is 10.6 Å². The highest BCUT2D eigenvalue weighted by Gasteiger charge is 2.31. The van der Waals surface area contributed by atoms with Gasteiger partial charge in [-0.25, -0.2) is 0 Å². The number of amides is 2. The first kappa shape index (κ1) is 23.1. The predicted molar refractivity (Wildman–Crippen MR) is 119 cm³/mol. The number of hydrogen-bond acceptors (Lipinski definition) is 5. The van der Waals surface area contributed by atoms with Crippen LogP contribution < -0.4 is 10.6 Å². The minimum atomic E-state index is -0.839. The molecule has 1 aliphatic carbocycles. The number of fused-ring (bicyclic) bond motifs is 3. The van der Waals surface area contributed by atoms with Gasteiger partial charge in [0.1, 0.15) is 5.78 Å². The lowest BCUT2D eigenvalue weighted by atomic mass is 9.91. The van der Waals surface area contributed by atoms with Gasteiger partial charge in [0, 0.05) is 31.6 Å². The average Bonchev–Trinajstić information content (AvgIpc) is 3.13. The largest absolute Gasteiger partial charge is 0.347 e. The van der Waals surface area contributed by atoms with E-state index in [1.165, 1.54) is 0 Å². The zero-order valence-electron chi connectivity index (χ0n) is 17.7. The summed E-state index contributed by atoms with van der Waals surface area (Å²) >= 11 is 0. The fourth-order valence-corrected chi connectivity index (χ4v) is 3.77. The Bertz CT molecular complexity index is 1010. The highest BCUT2D eigenvalue weighted by Crippen LogP contribution is 2.46. The second-order valence-electron chi connectivity index (χ2n) is 7.64. The number of Topliss-reactive ketones (excluding diaryl/α,β-unsaturated/α-hetero) is 3. The van der Waals surface area contributed by atoms with Gasteiger partial charge in [-0.3, -0.25) is 24.0 Å². The molecule has 0 heterocycles. The molecule has 7 heteroatoms. The van der Waals surface area contributed by atoms with Gasteiger partial charge in [0.05, 0.1) is 13.1 Å². The number of ketones is 3. The monoisotopic (exact) mass is 433 g/mol. The number of benzene rings is 2. The molecule has 2 amide bonds. The van der Waals surface area contributed by atoms with E-state index in [1.807, 2.05) is 48.5 Å². The topological polar surface area (TPSA) is 109 Å². The van der Waals surface area contributed by atoms with Crippen LogP contribution in [0.1, 0.15) is 42.7 Å². The molecule has 2 aromatic rings. The summed E-state index contributed by atoms with van der Waals surface area (Å²) in [7, 11) is 0. The molecule has 1 aliphatic rings. The third kappa shape index (κ3) is 5.55. The first-order chi connectivity index (χ1) is 15.4. The molecule has 165 valence electrons. The molecular weight excluding hydrogens is 408 g/mol. The maximum Gasteiger partial charge on any atom is 0.287 e. The van der Waals surface area contributed by atoms with Crippen LogP contribution in [0.25, 0.3) is 11.1 Å². The molecule has 0 unspecified atom stereocenters. The highest BCUT2D eigenvalue weighted by atomic mass is 16.2. The van der Waals surface area contributed by atoms with Crippen LogP contribution in [0.3, 0.4) is 0 Å². The van der Waals surface area contributed by atoms with Gasteiger partial charge in [0.15, 0.2) is 5.78 Å². The Kier molecular flexibility index (Phi) is 7.65. The maximum atomic E-state index is 12.5. The third-order valence-electron chi connectivity index (χ3n) is 5.46. The molecule has 0 bridgehead atoms. The SMILES string of the molecule is [CH2]CC(=O)CCC(=O)CNC(=O)CNC(=O)C(=O)CC1c2ccccc2-c2ccccc21. The lowest BCUT2D eigenvalue weighted by Gasteiger charge is -2.12. The third-order valence-corrected chi connectivity index (χ3v) is 5.46. The van der Waals surface area contributed by atoms with Crippen molar-refractivity contribution in [2.75, 3.05) is 13.1 Å². The van der Waals surface area contributed by atoms with Crippen molar-refractivity contribution in [3.63, 3.8) is 0 Å². The fraction of sp³-hybridized carbons (Fsp3) is 0.280. The van der Waals surface area contributed by atoms with Crippen LogP contribution in [-0.4, -0.2) is 42.3 Å². The van der Waals surface area contributed by atoms with Gasteiger partial charge in [-0.1, -0.05) is 48.5 Å². The Morgan fingerprint density at radius 1 is 0.750 bits per heavy atom. The molecule has 7 nitrogen and oxygen atoms in total. The quantitative estimate of drug-likeness (QED) is 0.528. The van der Waals surface area contributed by atoms with Gasteiger partial charge >= 0.3 is 0 Å². The minimum Gasteiger partial charge on any atom is -0.347 e. The molecule has 1 radical (unpaired) electrons. The Hall–Kier alpha value is -3.61. The van der Waals surface area contributed by atoms with Crippen molar-refractivity contribution in [1.29, 1.82) is 0 Å². The van der Waals surface area contributed by atoms with Gasteiger partial charge in [-0.15, -0.1) is 0 Å². The summed E-state index contributed by atoms with van der Waals surface area (Å²) in [5, 5.41) is 4.69. The van der Waals surface area contributed by atoms with Crippen molar-refractivity contribution in [2.24, 2.45) is 0 Å². The summed E-state index contributed by atoms with van der Waals surface area (Å²) in [6.07, 6.45) is 0.249. The van der Waals surface area contributed by atoms with Crippen molar-refractivity contribution in [2.45, 2.75) is 31.6 Å². The Labute approximate surface area is 186 Å². The molecule has 0 fully saturated rings. The van der Waals surface area contributed by atoms with E-state index in [0.29, 0.717) is 0 Å². The molecule has 0 saturated carbocycles. The molecule has 0 atom stereocenters. The van der Waals surface area contributed by atoms with Crippen LogP contribution in [0.4, 0.5) is 0 Å². The summed E-state index contributed by atoms with van der Waals surface area (Å²) in [6, 6.07) is 15.6. The lowest BCUT2D eigenvalue weighted by molar-refractivity contribution is -0.138. The van der Waals surface area contributed by atoms with E-state index < -0.39 is 24.1 Å². The van der Waals surface area contributed by atoms with Crippen molar-refractivity contribution in [3.8, 4) is 11.1 Å². The smallest absolute Gasteiger partial charge is 0.287 e. The highest BCUT2D eigenvalue weighted by molar-refractivity contribution is 6.36. The van der Waals surface area contributed by atoms with Gasteiger partial charge in [-0.2, -0.15) is 0 Å². The van der Waals surface area contributed by atoms with Gasteiger partial charge in [0.25, 0.3) is 5.91 Å². The van der Waals surface area contributed by atoms with E-state index in [2.05, 4.69) is 17.6 Å². The molecule has 2 N–H and O–H groups in total. The van der Waals surface area contributed by atoms with E-state index >= 15 is 0 Å². The summed E-state index contributed by atoms with van der Waals surface area (Å²) < 4.78 is 0. The number of hydrogen-bond donors (Lipinski definition) is 2. The van der Waals surface area contributed by atoms with E-state index in [0.717, 1.165) is 22.3 Å². The summed E-state index contributed by atoms with van der Waals surface area (Å²) in [5.74, 6) is -2.66. The first-order valence-electron chi connectivity index (χ1n) is 10.5. The predicted octanol–water partition coefficient (Wildman–Crippen LogP) is 2.13. The van der Waals surface area contributed by atoms with Crippen LogP contribution >= 0.6 is 0 Å². The molecule has 2 aromatic carbocycles. The molecule has 0 saturated heterocycles. The standard InChI is InChI=1S/C25H25N2O5/c1-2-16(28)11-12-17(29)14-26-24(31)15-27-25(32)23(30)13-22-20-9-5-3-7-18(20)19-8-4-6-10-21(19)22/h3-10,22H,1-2,11-15H2,(H,26,31)(H,27,32).